The van der Waals surface area contributed by atoms with Crippen LogP contribution < -0.4 is 9.47 Å². The minimum absolute atomic E-state index is 0.000508. The molecule has 1 aromatic carbocycles. The highest BCUT2D eigenvalue weighted by atomic mass is 32.2. The van der Waals surface area contributed by atoms with Gasteiger partial charge in [-0.15, -0.1) is 0 Å². The van der Waals surface area contributed by atoms with Crippen molar-refractivity contribution in [2.24, 2.45) is 0 Å². The van der Waals surface area contributed by atoms with Crippen molar-refractivity contribution in [3.8, 4) is 17.6 Å². The number of ether oxygens (including phenoxy) is 2. The predicted octanol–water partition coefficient (Wildman–Crippen LogP) is 1.37. The number of carbonyl (C=O) groups is 1. The van der Waals surface area contributed by atoms with Crippen LogP contribution in [0, 0.1) is 11.3 Å². The Labute approximate surface area is 148 Å². The van der Waals surface area contributed by atoms with Crippen molar-refractivity contribution in [2.45, 2.75) is 32.4 Å². The van der Waals surface area contributed by atoms with Crippen LogP contribution in [0.2, 0.25) is 0 Å². The van der Waals surface area contributed by atoms with Crippen LogP contribution >= 0.6 is 0 Å². The number of methoxy groups -OCH3 is 1. The van der Waals surface area contributed by atoms with E-state index in [1.54, 1.807) is 24.0 Å². The van der Waals surface area contributed by atoms with Crippen LogP contribution in [0.5, 0.6) is 11.5 Å². The van der Waals surface area contributed by atoms with Gasteiger partial charge in [0.2, 0.25) is 0 Å². The van der Waals surface area contributed by atoms with Gasteiger partial charge in [0.05, 0.1) is 30.2 Å². The highest BCUT2D eigenvalue weighted by molar-refractivity contribution is 7.91. The molecule has 0 spiro atoms. The number of hydrogen-bond acceptors (Lipinski definition) is 6. The predicted molar refractivity (Wildman–Crippen MR) is 92.2 cm³/mol. The molecule has 25 heavy (non-hydrogen) atoms. The van der Waals surface area contributed by atoms with E-state index in [4.69, 9.17) is 14.7 Å². The van der Waals surface area contributed by atoms with Gasteiger partial charge in [-0.25, -0.2) is 8.42 Å². The first-order valence-electron chi connectivity index (χ1n) is 8.07. The van der Waals surface area contributed by atoms with Crippen molar-refractivity contribution in [1.82, 2.24) is 4.90 Å². The first-order chi connectivity index (χ1) is 11.8. The summed E-state index contributed by atoms with van der Waals surface area (Å²) in [6.45, 7) is 3.85. The van der Waals surface area contributed by atoms with Crippen molar-refractivity contribution in [3.05, 3.63) is 23.8 Å². The summed E-state index contributed by atoms with van der Waals surface area (Å²) in [7, 11) is -1.62. The molecule has 1 aliphatic heterocycles. The largest absolute Gasteiger partial charge is 0.493 e. The molecule has 1 fully saturated rings. The Kier molecular flexibility index (Phi) is 5.90. The molecule has 1 aliphatic rings. The van der Waals surface area contributed by atoms with Crippen LogP contribution in [0.4, 0.5) is 0 Å². The van der Waals surface area contributed by atoms with Crippen molar-refractivity contribution in [1.29, 1.82) is 5.26 Å². The number of rotatable bonds is 6. The zero-order valence-corrected chi connectivity index (χ0v) is 15.4. The molecule has 136 valence electrons. The number of amides is 1. The normalized spacial score (nSPS) is 19.7. The van der Waals surface area contributed by atoms with Gasteiger partial charge in [0, 0.05) is 18.7 Å². The van der Waals surface area contributed by atoms with E-state index in [9.17, 15) is 13.2 Å². The molecule has 2 unspecified atom stereocenters. The van der Waals surface area contributed by atoms with E-state index < -0.39 is 15.9 Å². The summed E-state index contributed by atoms with van der Waals surface area (Å²) in [4.78, 5) is 14.3. The summed E-state index contributed by atoms with van der Waals surface area (Å²) in [5.74, 6) is 0.568. The van der Waals surface area contributed by atoms with E-state index in [0.717, 1.165) is 0 Å². The Bertz CT molecular complexity index is 785. The molecule has 0 bridgehead atoms. The lowest BCUT2D eigenvalue weighted by atomic mass is 10.2. The SMILES string of the molecule is CCN(C(=O)C(C)Oc1ccc(C#N)cc1OC)C1CCS(=O)(=O)C1. The number of benzene rings is 1. The van der Waals surface area contributed by atoms with Gasteiger partial charge in [-0.3, -0.25) is 4.79 Å². The third-order valence-corrected chi connectivity index (χ3v) is 5.97. The van der Waals surface area contributed by atoms with Crippen LogP contribution in [-0.2, 0) is 14.6 Å². The smallest absolute Gasteiger partial charge is 0.263 e. The average Bonchev–Trinajstić information content (AvgIpc) is 2.95. The number of hydrogen-bond donors (Lipinski definition) is 0. The van der Waals surface area contributed by atoms with Gasteiger partial charge in [0.1, 0.15) is 0 Å². The van der Waals surface area contributed by atoms with Crippen molar-refractivity contribution in [3.63, 3.8) is 0 Å². The van der Waals surface area contributed by atoms with Crippen molar-refractivity contribution < 1.29 is 22.7 Å². The zero-order chi connectivity index (χ0) is 18.6. The summed E-state index contributed by atoms with van der Waals surface area (Å²) in [6.07, 6.45) is -0.348. The number of nitriles is 1. The Hall–Kier alpha value is -2.27. The van der Waals surface area contributed by atoms with Crippen LogP contribution in [-0.4, -0.2) is 56.5 Å². The monoisotopic (exact) mass is 366 g/mol. The molecule has 0 aliphatic carbocycles. The Morgan fingerprint density at radius 1 is 1.44 bits per heavy atom. The first kappa shape index (κ1) is 19.1. The van der Waals surface area contributed by atoms with E-state index in [1.165, 1.54) is 13.2 Å². The maximum Gasteiger partial charge on any atom is 0.263 e. The Morgan fingerprint density at radius 2 is 2.16 bits per heavy atom. The van der Waals surface area contributed by atoms with Crippen LogP contribution in [0.25, 0.3) is 0 Å². The number of sulfone groups is 1. The van der Waals surface area contributed by atoms with Gasteiger partial charge in [-0.05, 0) is 32.4 Å². The molecule has 0 N–H and O–H groups in total. The minimum Gasteiger partial charge on any atom is -0.493 e. The Morgan fingerprint density at radius 3 is 2.68 bits per heavy atom. The molecule has 0 radical (unpaired) electrons. The maximum absolute atomic E-state index is 12.7. The molecule has 0 saturated carbocycles. The maximum atomic E-state index is 12.7. The fourth-order valence-electron chi connectivity index (χ4n) is 2.92. The number of nitrogens with zero attached hydrogens (tertiary/aromatic N) is 2. The van der Waals surface area contributed by atoms with Crippen LogP contribution in [0.15, 0.2) is 18.2 Å². The quantitative estimate of drug-likeness (QED) is 0.754. The van der Waals surface area contributed by atoms with E-state index in [2.05, 4.69) is 0 Å². The molecular formula is C17H22N2O5S. The molecule has 2 rings (SSSR count). The molecule has 7 nitrogen and oxygen atoms in total. The zero-order valence-electron chi connectivity index (χ0n) is 14.6. The highest BCUT2D eigenvalue weighted by Crippen LogP contribution is 2.29. The molecule has 8 heteroatoms. The molecule has 2 atom stereocenters. The minimum atomic E-state index is -3.07. The number of carbonyl (C=O) groups excluding carboxylic acids is 1. The standard InChI is InChI=1S/C17H22N2O5S/c1-4-19(14-7-8-25(21,22)11-14)17(20)12(2)24-15-6-5-13(10-18)9-16(15)23-3/h5-6,9,12,14H,4,7-8,11H2,1-3H3. The van der Waals surface area contributed by atoms with Gasteiger partial charge in [-0.1, -0.05) is 0 Å². The fourth-order valence-corrected chi connectivity index (χ4v) is 4.65. The fraction of sp³-hybridized carbons (Fsp3) is 0.529. The number of likely N-dealkylation sites (N-methyl/N-ethyl adjacent to an activating group) is 1. The van der Waals surface area contributed by atoms with Crippen LogP contribution in [0.3, 0.4) is 0 Å². The molecule has 1 aromatic rings. The average molecular weight is 366 g/mol. The Balaban J connectivity index is 2.13. The van der Waals surface area contributed by atoms with Crippen molar-refractivity contribution >= 4 is 15.7 Å². The second kappa shape index (κ2) is 7.74. The van der Waals surface area contributed by atoms with Crippen molar-refractivity contribution in [2.75, 3.05) is 25.2 Å². The summed E-state index contributed by atoms with van der Waals surface area (Å²) in [5, 5.41) is 8.93. The summed E-state index contributed by atoms with van der Waals surface area (Å²) in [6, 6.07) is 6.40. The summed E-state index contributed by atoms with van der Waals surface area (Å²) >= 11 is 0. The molecule has 1 heterocycles. The van der Waals surface area contributed by atoms with E-state index in [-0.39, 0.29) is 23.5 Å². The lowest BCUT2D eigenvalue weighted by Crippen LogP contribution is -2.46. The third kappa shape index (κ3) is 4.42. The summed E-state index contributed by atoms with van der Waals surface area (Å²) in [5.41, 5.74) is 0.425. The lowest BCUT2D eigenvalue weighted by Gasteiger charge is -2.29. The van der Waals surface area contributed by atoms with E-state index in [1.807, 2.05) is 13.0 Å². The van der Waals surface area contributed by atoms with E-state index >= 15 is 0 Å². The molecule has 0 aromatic heterocycles. The second-order valence-corrected chi connectivity index (χ2v) is 8.15. The molecular weight excluding hydrogens is 344 g/mol. The topological polar surface area (TPSA) is 96.7 Å². The first-order valence-corrected chi connectivity index (χ1v) is 9.89. The van der Waals surface area contributed by atoms with Gasteiger partial charge < -0.3 is 14.4 Å². The summed E-state index contributed by atoms with van der Waals surface area (Å²) < 4.78 is 34.3. The molecule has 1 saturated heterocycles. The van der Waals surface area contributed by atoms with Gasteiger partial charge in [0.25, 0.3) is 5.91 Å². The van der Waals surface area contributed by atoms with Gasteiger partial charge >= 0.3 is 0 Å². The third-order valence-electron chi connectivity index (χ3n) is 4.22. The van der Waals surface area contributed by atoms with E-state index in [0.29, 0.717) is 30.0 Å². The lowest BCUT2D eigenvalue weighted by molar-refractivity contribution is -0.139. The second-order valence-electron chi connectivity index (χ2n) is 5.92. The molecule has 1 amide bonds. The van der Waals surface area contributed by atoms with Gasteiger partial charge in [-0.2, -0.15) is 5.26 Å². The highest BCUT2D eigenvalue weighted by Gasteiger charge is 2.35. The van der Waals surface area contributed by atoms with Crippen LogP contribution in [0.1, 0.15) is 25.8 Å². The van der Waals surface area contributed by atoms with Gasteiger partial charge in [0.15, 0.2) is 27.4 Å².